The predicted octanol–water partition coefficient (Wildman–Crippen LogP) is 4.66. The van der Waals surface area contributed by atoms with Gasteiger partial charge in [0.05, 0.1) is 7.11 Å². The van der Waals surface area contributed by atoms with E-state index in [1.54, 1.807) is 13.2 Å². The minimum Gasteiger partial charge on any atom is -0.497 e. The number of fused-ring (bicyclic) bond motifs is 1. The highest BCUT2D eigenvalue weighted by Gasteiger charge is 2.08. The molecular formula is C24H23NO4. The maximum Gasteiger partial charge on any atom is 0.331 e. The zero-order valence-corrected chi connectivity index (χ0v) is 16.7. The van der Waals surface area contributed by atoms with Crippen molar-refractivity contribution in [2.75, 3.05) is 19.0 Å². The summed E-state index contributed by atoms with van der Waals surface area (Å²) in [7, 11) is 1.63. The van der Waals surface area contributed by atoms with Crippen LogP contribution in [0.1, 0.15) is 16.7 Å². The molecule has 0 radical (unpaired) electrons. The number of aryl methyl sites for hydroxylation is 1. The first-order valence-electron chi connectivity index (χ1n) is 9.25. The van der Waals surface area contributed by atoms with E-state index >= 15 is 0 Å². The Labute approximate surface area is 170 Å². The van der Waals surface area contributed by atoms with E-state index in [0.29, 0.717) is 0 Å². The molecule has 5 heteroatoms. The van der Waals surface area contributed by atoms with Crippen LogP contribution in [-0.4, -0.2) is 25.6 Å². The van der Waals surface area contributed by atoms with Gasteiger partial charge in [-0.3, -0.25) is 4.79 Å². The minimum absolute atomic E-state index is 0.339. The molecule has 1 N–H and O–H groups in total. The number of carbonyl (C=O) groups is 2. The van der Waals surface area contributed by atoms with Crippen molar-refractivity contribution in [3.63, 3.8) is 0 Å². The molecule has 0 saturated heterocycles. The number of ether oxygens (including phenoxy) is 2. The molecule has 0 heterocycles. The van der Waals surface area contributed by atoms with Crippen LogP contribution < -0.4 is 10.1 Å². The van der Waals surface area contributed by atoms with Crippen molar-refractivity contribution >= 4 is 34.4 Å². The number of carbonyl (C=O) groups excluding carboxylic acids is 2. The summed E-state index contributed by atoms with van der Waals surface area (Å²) in [6.07, 6.45) is 2.98. The Kier molecular flexibility index (Phi) is 6.29. The Morgan fingerprint density at radius 2 is 1.76 bits per heavy atom. The second kappa shape index (κ2) is 9.06. The molecule has 0 aromatic heterocycles. The van der Waals surface area contributed by atoms with Gasteiger partial charge in [0.1, 0.15) is 5.75 Å². The van der Waals surface area contributed by atoms with Crippen LogP contribution in [0, 0.1) is 13.8 Å². The van der Waals surface area contributed by atoms with E-state index in [0.717, 1.165) is 38.9 Å². The van der Waals surface area contributed by atoms with Gasteiger partial charge in [0.25, 0.3) is 5.91 Å². The van der Waals surface area contributed by atoms with E-state index in [1.807, 2.05) is 68.4 Å². The van der Waals surface area contributed by atoms with E-state index in [2.05, 4.69) is 5.32 Å². The summed E-state index contributed by atoms with van der Waals surface area (Å²) in [5.41, 5.74) is 3.64. The summed E-state index contributed by atoms with van der Waals surface area (Å²) in [6.45, 7) is 3.56. The monoisotopic (exact) mass is 389 g/mol. The number of rotatable bonds is 6. The third-order valence-corrected chi connectivity index (χ3v) is 4.71. The van der Waals surface area contributed by atoms with Crippen molar-refractivity contribution in [1.29, 1.82) is 0 Å². The molecule has 3 aromatic rings. The van der Waals surface area contributed by atoms with Gasteiger partial charge in [0.15, 0.2) is 6.61 Å². The fourth-order valence-corrected chi connectivity index (χ4v) is 2.89. The van der Waals surface area contributed by atoms with Crippen molar-refractivity contribution in [3.8, 4) is 5.75 Å². The quantitative estimate of drug-likeness (QED) is 0.492. The van der Waals surface area contributed by atoms with Crippen molar-refractivity contribution in [2.45, 2.75) is 13.8 Å². The predicted molar refractivity (Wildman–Crippen MR) is 115 cm³/mol. The molecule has 29 heavy (non-hydrogen) atoms. The van der Waals surface area contributed by atoms with Crippen LogP contribution in [0.4, 0.5) is 5.69 Å². The molecule has 0 spiro atoms. The Hall–Kier alpha value is -3.60. The zero-order valence-electron chi connectivity index (χ0n) is 16.7. The summed E-state index contributed by atoms with van der Waals surface area (Å²) < 4.78 is 10.3. The van der Waals surface area contributed by atoms with Crippen molar-refractivity contribution in [2.24, 2.45) is 0 Å². The van der Waals surface area contributed by atoms with Gasteiger partial charge in [-0.25, -0.2) is 4.79 Å². The summed E-state index contributed by atoms with van der Waals surface area (Å²) >= 11 is 0. The van der Waals surface area contributed by atoms with Gasteiger partial charge in [-0.15, -0.1) is 0 Å². The Balaban J connectivity index is 1.56. The molecule has 3 aromatic carbocycles. The third kappa shape index (κ3) is 5.23. The van der Waals surface area contributed by atoms with Crippen molar-refractivity contribution in [3.05, 3.63) is 77.4 Å². The maximum absolute atomic E-state index is 12.0. The number of esters is 1. The van der Waals surface area contributed by atoms with Crippen LogP contribution in [0.3, 0.4) is 0 Å². The standard InChI is InChI=1S/C24H23NO4/c1-16-5-4-6-22(17(16)2)25-23(26)15-29-24(27)12-8-18-7-9-20-14-21(28-3)11-10-19(20)13-18/h4-14H,15H2,1-3H3,(H,25,26)/b12-8+. The number of anilines is 1. The molecule has 0 aliphatic rings. The molecule has 0 atom stereocenters. The first-order chi connectivity index (χ1) is 14.0. The molecule has 0 fully saturated rings. The number of methoxy groups -OCH3 is 1. The molecule has 0 saturated carbocycles. The van der Waals surface area contributed by atoms with Crippen LogP contribution >= 0.6 is 0 Å². The molecule has 0 aliphatic carbocycles. The van der Waals surface area contributed by atoms with Gasteiger partial charge < -0.3 is 14.8 Å². The average Bonchev–Trinajstić information content (AvgIpc) is 2.73. The topological polar surface area (TPSA) is 64.6 Å². The number of amides is 1. The molecule has 1 amide bonds. The zero-order chi connectivity index (χ0) is 20.8. The summed E-state index contributed by atoms with van der Waals surface area (Å²) in [5.74, 6) is -0.153. The van der Waals surface area contributed by atoms with Crippen LogP contribution in [0.25, 0.3) is 16.8 Å². The van der Waals surface area contributed by atoms with Crippen molar-refractivity contribution < 1.29 is 19.1 Å². The van der Waals surface area contributed by atoms with E-state index in [9.17, 15) is 9.59 Å². The highest BCUT2D eigenvalue weighted by atomic mass is 16.5. The highest BCUT2D eigenvalue weighted by Crippen LogP contribution is 2.22. The first kappa shape index (κ1) is 20.1. The van der Waals surface area contributed by atoms with Crippen LogP contribution in [0.2, 0.25) is 0 Å². The lowest BCUT2D eigenvalue weighted by atomic mass is 10.1. The van der Waals surface area contributed by atoms with Gasteiger partial charge >= 0.3 is 5.97 Å². The van der Waals surface area contributed by atoms with Crippen LogP contribution in [0.15, 0.2) is 60.7 Å². The molecule has 5 nitrogen and oxygen atoms in total. The largest absolute Gasteiger partial charge is 0.497 e. The number of benzene rings is 3. The SMILES string of the molecule is COc1ccc2cc(/C=C/C(=O)OCC(=O)Nc3cccc(C)c3C)ccc2c1. The normalized spacial score (nSPS) is 10.9. The Morgan fingerprint density at radius 3 is 2.55 bits per heavy atom. The molecule has 0 bridgehead atoms. The van der Waals surface area contributed by atoms with E-state index in [1.165, 1.54) is 6.08 Å². The highest BCUT2D eigenvalue weighted by molar-refractivity contribution is 5.95. The number of nitrogens with one attached hydrogen (secondary N) is 1. The van der Waals surface area contributed by atoms with E-state index < -0.39 is 5.97 Å². The summed E-state index contributed by atoms with van der Waals surface area (Å²) in [6, 6.07) is 17.3. The smallest absolute Gasteiger partial charge is 0.331 e. The molecular weight excluding hydrogens is 366 g/mol. The minimum atomic E-state index is -0.573. The molecule has 3 rings (SSSR count). The molecule has 148 valence electrons. The van der Waals surface area contributed by atoms with Gasteiger partial charge in [0.2, 0.25) is 0 Å². The Morgan fingerprint density at radius 1 is 1.00 bits per heavy atom. The van der Waals surface area contributed by atoms with E-state index in [4.69, 9.17) is 9.47 Å². The molecule has 0 unspecified atom stereocenters. The number of hydrogen-bond donors (Lipinski definition) is 1. The third-order valence-electron chi connectivity index (χ3n) is 4.71. The van der Waals surface area contributed by atoms with Crippen LogP contribution in [0.5, 0.6) is 5.75 Å². The lowest BCUT2D eigenvalue weighted by molar-refractivity contribution is -0.142. The summed E-state index contributed by atoms with van der Waals surface area (Å²) in [5, 5.41) is 4.84. The summed E-state index contributed by atoms with van der Waals surface area (Å²) in [4.78, 5) is 24.0. The lowest BCUT2D eigenvalue weighted by Gasteiger charge is -2.10. The maximum atomic E-state index is 12.0. The van der Waals surface area contributed by atoms with E-state index in [-0.39, 0.29) is 12.5 Å². The first-order valence-corrected chi connectivity index (χ1v) is 9.25. The van der Waals surface area contributed by atoms with Crippen molar-refractivity contribution in [1.82, 2.24) is 0 Å². The van der Waals surface area contributed by atoms with Gasteiger partial charge in [-0.05, 0) is 71.7 Å². The fourth-order valence-electron chi connectivity index (χ4n) is 2.89. The van der Waals surface area contributed by atoms with Gasteiger partial charge in [-0.2, -0.15) is 0 Å². The van der Waals surface area contributed by atoms with Gasteiger partial charge in [-0.1, -0.05) is 30.3 Å². The average molecular weight is 389 g/mol. The fraction of sp³-hybridized carbons (Fsp3) is 0.167. The molecule has 0 aliphatic heterocycles. The lowest BCUT2D eigenvalue weighted by Crippen LogP contribution is -2.20. The Bertz CT molecular complexity index is 1090. The second-order valence-electron chi connectivity index (χ2n) is 6.71. The van der Waals surface area contributed by atoms with Gasteiger partial charge in [0, 0.05) is 11.8 Å². The second-order valence-corrected chi connectivity index (χ2v) is 6.71. The van der Waals surface area contributed by atoms with Crippen LogP contribution in [-0.2, 0) is 14.3 Å². The number of hydrogen-bond acceptors (Lipinski definition) is 4.